The first-order valence-electron chi connectivity index (χ1n) is 6.95. The van der Waals surface area contributed by atoms with Crippen LogP contribution in [0.2, 0.25) is 0 Å². The van der Waals surface area contributed by atoms with Gasteiger partial charge in [0.2, 0.25) is 0 Å². The van der Waals surface area contributed by atoms with Crippen LogP contribution < -0.4 is 10.9 Å². The van der Waals surface area contributed by atoms with Crippen molar-refractivity contribution in [2.24, 2.45) is 0 Å². The summed E-state index contributed by atoms with van der Waals surface area (Å²) >= 11 is 0. The van der Waals surface area contributed by atoms with E-state index < -0.39 is 23.5 Å². The Morgan fingerprint density at radius 3 is 2.77 bits per heavy atom. The quantitative estimate of drug-likeness (QED) is 0.857. The first kappa shape index (κ1) is 15.7. The van der Waals surface area contributed by atoms with Crippen molar-refractivity contribution in [3.8, 4) is 0 Å². The molecular weight excluding hydrogens is 286 g/mol. The number of aliphatic carboxylic acids is 1. The topological polar surface area (TPSA) is 101 Å². The number of nitrogens with zero attached hydrogens (tertiary/aromatic N) is 2. The lowest BCUT2D eigenvalue weighted by Gasteiger charge is -2.13. The smallest absolute Gasteiger partial charge is 0.326 e. The third kappa shape index (κ3) is 3.13. The number of hydrogen-bond donors (Lipinski definition) is 2. The third-order valence-electron chi connectivity index (χ3n) is 3.28. The average molecular weight is 303 g/mol. The van der Waals surface area contributed by atoms with Crippen LogP contribution in [0, 0.1) is 6.92 Å². The van der Waals surface area contributed by atoms with Crippen LogP contribution >= 0.6 is 0 Å². The predicted octanol–water partition coefficient (Wildman–Crippen LogP) is 0.986. The number of aryl methyl sites for hydroxylation is 1. The molecular formula is C15H17N3O4. The lowest BCUT2D eigenvalue weighted by Crippen LogP contribution is -2.42. The zero-order valence-electron chi connectivity index (χ0n) is 12.4. The number of fused-ring (bicyclic) bond motifs is 1. The summed E-state index contributed by atoms with van der Waals surface area (Å²) in [5.41, 5.74) is 0.580. The Hall–Kier alpha value is -2.70. The van der Waals surface area contributed by atoms with Gasteiger partial charge in [0.15, 0.2) is 0 Å². The molecule has 0 aliphatic carbocycles. The highest BCUT2D eigenvalue weighted by atomic mass is 16.4. The Kier molecular flexibility index (Phi) is 4.55. The second-order valence-electron chi connectivity index (χ2n) is 5.06. The Labute approximate surface area is 126 Å². The first-order valence-corrected chi connectivity index (χ1v) is 6.95. The molecule has 0 bridgehead atoms. The molecule has 0 fully saturated rings. The minimum Gasteiger partial charge on any atom is -0.480 e. The van der Waals surface area contributed by atoms with Crippen LogP contribution in [0.3, 0.4) is 0 Å². The predicted molar refractivity (Wildman–Crippen MR) is 80.0 cm³/mol. The fourth-order valence-electron chi connectivity index (χ4n) is 2.12. The summed E-state index contributed by atoms with van der Waals surface area (Å²) in [7, 11) is 0. The highest BCUT2D eigenvalue weighted by molar-refractivity contribution is 5.96. The van der Waals surface area contributed by atoms with Gasteiger partial charge in [-0.15, -0.1) is 0 Å². The largest absolute Gasteiger partial charge is 0.480 e. The number of pyridine rings is 1. The van der Waals surface area contributed by atoms with E-state index >= 15 is 0 Å². The van der Waals surface area contributed by atoms with E-state index in [1.165, 1.54) is 10.6 Å². The first-order chi connectivity index (χ1) is 10.4. The van der Waals surface area contributed by atoms with Crippen LogP contribution in [0.25, 0.3) is 5.65 Å². The standard InChI is InChI=1S/C15H17N3O4/c1-3-4-11(15(21)22)17-13(19)10-7-16-12-6-5-9(2)8-18(12)14(10)20/h5-8,11H,3-4H2,1-2H3,(H,17,19)(H,21,22). The summed E-state index contributed by atoms with van der Waals surface area (Å²) in [6.07, 6.45) is 3.66. The molecule has 2 aromatic rings. The van der Waals surface area contributed by atoms with E-state index in [0.717, 1.165) is 5.56 Å². The summed E-state index contributed by atoms with van der Waals surface area (Å²) in [6, 6.07) is 2.47. The van der Waals surface area contributed by atoms with E-state index in [2.05, 4.69) is 10.3 Å². The van der Waals surface area contributed by atoms with E-state index in [0.29, 0.717) is 18.5 Å². The van der Waals surface area contributed by atoms with Crippen LogP contribution in [0.15, 0.2) is 29.3 Å². The monoisotopic (exact) mass is 303 g/mol. The van der Waals surface area contributed by atoms with Gasteiger partial charge in [-0.25, -0.2) is 9.78 Å². The zero-order chi connectivity index (χ0) is 16.3. The Bertz CT molecular complexity index is 782. The van der Waals surface area contributed by atoms with E-state index in [9.17, 15) is 14.4 Å². The minimum absolute atomic E-state index is 0.176. The van der Waals surface area contributed by atoms with Crippen LogP contribution in [0.4, 0.5) is 0 Å². The molecule has 7 nitrogen and oxygen atoms in total. The van der Waals surface area contributed by atoms with Crippen LogP contribution in [0.5, 0.6) is 0 Å². The number of hydrogen-bond acceptors (Lipinski definition) is 4. The molecule has 0 spiro atoms. The van der Waals surface area contributed by atoms with Gasteiger partial charge in [0.25, 0.3) is 11.5 Å². The van der Waals surface area contributed by atoms with E-state index in [4.69, 9.17) is 5.11 Å². The molecule has 116 valence electrons. The number of carboxylic acid groups (broad SMARTS) is 1. The van der Waals surface area contributed by atoms with Gasteiger partial charge in [-0.2, -0.15) is 0 Å². The van der Waals surface area contributed by atoms with E-state index in [1.54, 1.807) is 12.3 Å². The molecule has 0 saturated heterocycles. The number of nitrogens with one attached hydrogen (secondary N) is 1. The van der Waals surface area contributed by atoms with Crippen molar-refractivity contribution < 1.29 is 14.7 Å². The fourth-order valence-corrected chi connectivity index (χ4v) is 2.12. The van der Waals surface area contributed by atoms with Crippen molar-refractivity contribution in [3.63, 3.8) is 0 Å². The van der Waals surface area contributed by atoms with Crippen LogP contribution in [0.1, 0.15) is 35.7 Å². The zero-order valence-corrected chi connectivity index (χ0v) is 12.4. The molecule has 1 atom stereocenters. The summed E-state index contributed by atoms with van der Waals surface area (Å²) < 4.78 is 1.28. The number of aromatic nitrogens is 2. The Morgan fingerprint density at radius 2 is 2.14 bits per heavy atom. The number of amides is 1. The van der Waals surface area contributed by atoms with Gasteiger partial charge in [0.1, 0.15) is 17.3 Å². The maximum Gasteiger partial charge on any atom is 0.326 e. The number of carboxylic acids is 1. The lowest BCUT2D eigenvalue weighted by molar-refractivity contribution is -0.139. The maximum absolute atomic E-state index is 12.3. The highest BCUT2D eigenvalue weighted by Gasteiger charge is 2.22. The van der Waals surface area contributed by atoms with Gasteiger partial charge in [-0.3, -0.25) is 14.0 Å². The maximum atomic E-state index is 12.3. The van der Waals surface area contributed by atoms with Gasteiger partial charge >= 0.3 is 5.97 Å². The van der Waals surface area contributed by atoms with Crippen molar-refractivity contribution >= 4 is 17.5 Å². The van der Waals surface area contributed by atoms with Crippen molar-refractivity contribution in [1.29, 1.82) is 0 Å². The molecule has 0 aliphatic rings. The summed E-state index contributed by atoms with van der Waals surface area (Å²) in [6.45, 7) is 3.64. The molecule has 2 aromatic heterocycles. The molecule has 2 rings (SSSR count). The van der Waals surface area contributed by atoms with Gasteiger partial charge in [-0.05, 0) is 25.0 Å². The van der Waals surface area contributed by atoms with Gasteiger partial charge in [0.05, 0.1) is 0 Å². The normalized spacial score (nSPS) is 12.1. The van der Waals surface area contributed by atoms with Crippen molar-refractivity contribution in [1.82, 2.24) is 14.7 Å². The number of carbonyl (C=O) groups excluding carboxylic acids is 1. The molecule has 2 heterocycles. The molecule has 0 aromatic carbocycles. The van der Waals surface area contributed by atoms with Crippen LogP contribution in [-0.4, -0.2) is 32.4 Å². The molecule has 1 unspecified atom stereocenters. The number of rotatable bonds is 5. The molecule has 0 radical (unpaired) electrons. The lowest BCUT2D eigenvalue weighted by atomic mass is 10.1. The summed E-state index contributed by atoms with van der Waals surface area (Å²) in [5.74, 6) is -1.85. The van der Waals surface area contributed by atoms with Gasteiger partial charge in [-0.1, -0.05) is 19.4 Å². The second-order valence-corrected chi connectivity index (χ2v) is 5.06. The van der Waals surface area contributed by atoms with Crippen molar-refractivity contribution in [3.05, 3.63) is 46.0 Å². The molecule has 0 saturated carbocycles. The fraction of sp³-hybridized carbons (Fsp3) is 0.333. The van der Waals surface area contributed by atoms with Crippen LogP contribution in [-0.2, 0) is 4.79 Å². The number of carbonyl (C=O) groups is 2. The highest BCUT2D eigenvalue weighted by Crippen LogP contribution is 2.03. The molecule has 7 heteroatoms. The molecule has 0 aliphatic heterocycles. The third-order valence-corrected chi connectivity index (χ3v) is 3.28. The molecule has 22 heavy (non-hydrogen) atoms. The minimum atomic E-state index is -1.13. The average Bonchev–Trinajstić information content (AvgIpc) is 2.47. The van der Waals surface area contributed by atoms with Gasteiger partial charge < -0.3 is 10.4 Å². The van der Waals surface area contributed by atoms with E-state index in [1.807, 2.05) is 19.9 Å². The molecule has 1 amide bonds. The summed E-state index contributed by atoms with van der Waals surface area (Å²) in [4.78, 5) is 39.6. The van der Waals surface area contributed by atoms with E-state index in [-0.39, 0.29) is 5.56 Å². The SMILES string of the molecule is CCCC(NC(=O)c1cnc2ccc(C)cn2c1=O)C(=O)O. The van der Waals surface area contributed by atoms with Crippen molar-refractivity contribution in [2.75, 3.05) is 0 Å². The summed E-state index contributed by atoms with van der Waals surface area (Å²) in [5, 5.41) is 11.4. The van der Waals surface area contributed by atoms with Gasteiger partial charge in [0, 0.05) is 12.4 Å². The second kappa shape index (κ2) is 6.38. The Balaban J connectivity index is 2.38. The van der Waals surface area contributed by atoms with Crippen molar-refractivity contribution in [2.45, 2.75) is 32.7 Å². The molecule has 2 N–H and O–H groups in total. The Morgan fingerprint density at radius 1 is 1.41 bits per heavy atom.